The first kappa shape index (κ1) is 22.0. The van der Waals surface area contributed by atoms with E-state index >= 15 is 0 Å². The predicted molar refractivity (Wildman–Crippen MR) is 101 cm³/mol. The average Bonchev–Trinajstić information content (AvgIpc) is 3.16. The molecule has 2 rings (SSSR count). The SMILES string of the molecule is CN=C(NCC(=O)N(C)CC(F)(F)F)N1CCC(N2CC=CC2)C1.I. The maximum Gasteiger partial charge on any atom is 0.406 e. The van der Waals surface area contributed by atoms with Crippen molar-refractivity contribution in [1.29, 1.82) is 0 Å². The van der Waals surface area contributed by atoms with Crippen molar-refractivity contribution in [3.05, 3.63) is 12.2 Å². The van der Waals surface area contributed by atoms with Crippen LogP contribution in [0, 0.1) is 0 Å². The van der Waals surface area contributed by atoms with Crippen molar-refractivity contribution >= 4 is 35.8 Å². The van der Waals surface area contributed by atoms with Crippen LogP contribution in [0.15, 0.2) is 17.1 Å². The van der Waals surface area contributed by atoms with Crippen LogP contribution in [0.1, 0.15) is 6.42 Å². The smallest absolute Gasteiger partial charge is 0.347 e. The van der Waals surface area contributed by atoms with Gasteiger partial charge < -0.3 is 15.1 Å². The minimum atomic E-state index is -4.39. The predicted octanol–water partition coefficient (Wildman–Crippen LogP) is 1.15. The molecule has 25 heavy (non-hydrogen) atoms. The van der Waals surface area contributed by atoms with Gasteiger partial charge in [-0.15, -0.1) is 24.0 Å². The van der Waals surface area contributed by atoms with Gasteiger partial charge in [0.25, 0.3) is 0 Å². The van der Waals surface area contributed by atoms with E-state index in [0.717, 1.165) is 39.6 Å². The van der Waals surface area contributed by atoms with Crippen LogP contribution in [-0.2, 0) is 4.79 Å². The number of guanidine groups is 1. The fourth-order valence-electron chi connectivity index (χ4n) is 3.00. The molecule has 0 aliphatic carbocycles. The normalized spacial score (nSPS) is 21.4. The topological polar surface area (TPSA) is 51.2 Å². The van der Waals surface area contributed by atoms with Gasteiger partial charge in [-0.2, -0.15) is 13.2 Å². The number of carbonyl (C=O) groups is 1. The second kappa shape index (κ2) is 9.60. The van der Waals surface area contributed by atoms with E-state index in [1.54, 1.807) is 7.05 Å². The third kappa shape index (κ3) is 6.65. The Morgan fingerprint density at radius 1 is 1.36 bits per heavy atom. The van der Waals surface area contributed by atoms with E-state index in [0.29, 0.717) is 16.9 Å². The Bertz CT molecular complexity index is 504. The summed E-state index contributed by atoms with van der Waals surface area (Å²) in [4.78, 5) is 21.0. The van der Waals surface area contributed by atoms with Gasteiger partial charge in [-0.25, -0.2) is 0 Å². The first-order chi connectivity index (χ1) is 11.3. The molecule has 0 aromatic rings. The lowest BCUT2D eigenvalue weighted by Crippen LogP contribution is -2.47. The van der Waals surface area contributed by atoms with Gasteiger partial charge in [-0.3, -0.25) is 14.7 Å². The van der Waals surface area contributed by atoms with Gasteiger partial charge in [-0.1, -0.05) is 12.2 Å². The van der Waals surface area contributed by atoms with E-state index in [-0.39, 0.29) is 30.5 Å². The van der Waals surface area contributed by atoms with E-state index in [9.17, 15) is 18.0 Å². The summed E-state index contributed by atoms with van der Waals surface area (Å²) in [5.74, 6) is -0.0635. The molecule has 0 bridgehead atoms. The third-order valence-electron chi connectivity index (χ3n) is 4.28. The van der Waals surface area contributed by atoms with E-state index < -0.39 is 18.6 Å². The third-order valence-corrected chi connectivity index (χ3v) is 4.28. The van der Waals surface area contributed by atoms with Crippen molar-refractivity contribution in [2.24, 2.45) is 4.99 Å². The van der Waals surface area contributed by atoms with Crippen LogP contribution in [0.3, 0.4) is 0 Å². The maximum absolute atomic E-state index is 12.3. The fraction of sp³-hybridized carbons (Fsp3) is 0.733. The molecule has 1 amide bonds. The molecule has 2 heterocycles. The van der Waals surface area contributed by atoms with Crippen LogP contribution in [0.2, 0.25) is 0 Å². The lowest BCUT2D eigenvalue weighted by atomic mass is 10.2. The quantitative estimate of drug-likeness (QED) is 0.287. The number of carbonyl (C=O) groups excluding carboxylic acids is 1. The number of nitrogens with one attached hydrogen (secondary N) is 1. The molecule has 1 unspecified atom stereocenters. The first-order valence-corrected chi connectivity index (χ1v) is 7.95. The Labute approximate surface area is 163 Å². The van der Waals surface area contributed by atoms with E-state index in [1.165, 1.54) is 0 Å². The van der Waals surface area contributed by atoms with Crippen molar-refractivity contribution in [1.82, 2.24) is 20.0 Å². The molecule has 10 heteroatoms. The highest BCUT2D eigenvalue weighted by Gasteiger charge is 2.32. The van der Waals surface area contributed by atoms with Gasteiger partial charge in [0.15, 0.2) is 5.96 Å². The average molecular weight is 475 g/mol. The highest BCUT2D eigenvalue weighted by molar-refractivity contribution is 14.0. The zero-order chi connectivity index (χ0) is 17.7. The van der Waals surface area contributed by atoms with Crippen molar-refractivity contribution in [3.8, 4) is 0 Å². The van der Waals surface area contributed by atoms with Crippen molar-refractivity contribution in [2.75, 3.05) is 53.4 Å². The highest BCUT2D eigenvalue weighted by atomic mass is 127. The minimum absolute atomic E-state index is 0. The molecule has 0 radical (unpaired) electrons. The Balaban J connectivity index is 0.00000312. The monoisotopic (exact) mass is 475 g/mol. The number of likely N-dealkylation sites (N-methyl/N-ethyl adjacent to an activating group) is 1. The summed E-state index contributed by atoms with van der Waals surface area (Å²) < 4.78 is 36.9. The maximum atomic E-state index is 12.3. The Kier molecular flexibility index (Phi) is 8.45. The number of likely N-dealkylation sites (tertiary alicyclic amines) is 1. The lowest BCUT2D eigenvalue weighted by molar-refractivity contribution is -0.157. The number of hydrogen-bond donors (Lipinski definition) is 1. The molecular weight excluding hydrogens is 450 g/mol. The number of aliphatic imine (C=N–C) groups is 1. The Hall–Kier alpha value is -1.04. The summed E-state index contributed by atoms with van der Waals surface area (Å²) in [6.45, 7) is 2.06. The fourth-order valence-corrected chi connectivity index (χ4v) is 3.00. The van der Waals surface area contributed by atoms with E-state index in [1.807, 2.05) is 4.90 Å². The molecule has 1 N–H and O–H groups in total. The number of amides is 1. The van der Waals surface area contributed by atoms with Gasteiger partial charge >= 0.3 is 6.18 Å². The zero-order valence-electron chi connectivity index (χ0n) is 14.4. The minimum Gasteiger partial charge on any atom is -0.347 e. The summed E-state index contributed by atoms with van der Waals surface area (Å²) in [5.41, 5.74) is 0. The molecule has 0 aromatic heterocycles. The number of hydrogen-bond acceptors (Lipinski definition) is 3. The van der Waals surface area contributed by atoms with Gasteiger partial charge in [0, 0.05) is 46.3 Å². The van der Waals surface area contributed by atoms with Crippen LogP contribution in [0.4, 0.5) is 13.2 Å². The van der Waals surface area contributed by atoms with Gasteiger partial charge in [-0.05, 0) is 6.42 Å². The highest BCUT2D eigenvalue weighted by Crippen LogP contribution is 2.18. The zero-order valence-corrected chi connectivity index (χ0v) is 16.8. The molecule has 1 saturated heterocycles. The second-order valence-corrected chi connectivity index (χ2v) is 6.08. The van der Waals surface area contributed by atoms with Crippen LogP contribution in [0.5, 0.6) is 0 Å². The molecule has 0 aromatic carbocycles. The van der Waals surface area contributed by atoms with Crippen molar-refractivity contribution in [2.45, 2.75) is 18.6 Å². The second-order valence-electron chi connectivity index (χ2n) is 6.08. The molecular formula is C15H25F3IN5O. The molecule has 1 atom stereocenters. The van der Waals surface area contributed by atoms with E-state index in [4.69, 9.17) is 0 Å². The van der Waals surface area contributed by atoms with Gasteiger partial charge in [0.1, 0.15) is 6.54 Å². The molecule has 6 nitrogen and oxygen atoms in total. The lowest BCUT2D eigenvalue weighted by Gasteiger charge is -2.26. The number of alkyl halides is 3. The molecule has 144 valence electrons. The molecule has 0 saturated carbocycles. The Morgan fingerprint density at radius 3 is 2.56 bits per heavy atom. The Morgan fingerprint density at radius 2 is 2.00 bits per heavy atom. The summed E-state index contributed by atoms with van der Waals surface area (Å²) >= 11 is 0. The van der Waals surface area contributed by atoms with Crippen LogP contribution >= 0.6 is 24.0 Å². The van der Waals surface area contributed by atoms with Gasteiger partial charge in [0.2, 0.25) is 5.91 Å². The van der Waals surface area contributed by atoms with Crippen LogP contribution < -0.4 is 5.32 Å². The van der Waals surface area contributed by atoms with Crippen LogP contribution in [-0.4, -0.2) is 92.1 Å². The van der Waals surface area contributed by atoms with Crippen molar-refractivity contribution in [3.63, 3.8) is 0 Å². The standard InChI is InChI=1S/C15H24F3N5O.HI/c1-19-14(20-9-13(24)21(2)11-15(16,17)18)23-8-5-12(10-23)22-6-3-4-7-22;/h3-4,12H,5-11H2,1-2H3,(H,19,20);1H. The van der Waals surface area contributed by atoms with Crippen LogP contribution in [0.25, 0.3) is 0 Å². The number of nitrogens with zero attached hydrogens (tertiary/aromatic N) is 4. The van der Waals surface area contributed by atoms with Gasteiger partial charge in [0.05, 0.1) is 6.54 Å². The number of rotatable bonds is 4. The summed E-state index contributed by atoms with van der Waals surface area (Å²) in [7, 11) is 2.75. The molecule has 1 fully saturated rings. The molecule has 2 aliphatic heterocycles. The summed E-state index contributed by atoms with van der Waals surface area (Å²) in [6.07, 6.45) is 0.901. The largest absolute Gasteiger partial charge is 0.406 e. The van der Waals surface area contributed by atoms with Crippen molar-refractivity contribution < 1.29 is 18.0 Å². The molecule has 2 aliphatic rings. The number of halogens is 4. The molecule has 0 spiro atoms. The summed E-state index contributed by atoms with van der Waals surface area (Å²) in [6, 6.07) is 0.433. The van der Waals surface area contributed by atoms with E-state index in [2.05, 4.69) is 27.4 Å². The first-order valence-electron chi connectivity index (χ1n) is 7.95. The summed E-state index contributed by atoms with van der Waals surface area (Å²) in [5, 5.41) is 2.87.